The zero-order valence-electron chi connectivity index (χ0n) is 11.1. The largest absolute Gasteiger partial charge is 0.387 e. The monoisotopic (exact) mass is 271 g/mol. The molecule has 0 bridgehead atoms. The van der Waals surface area contributed by atoms with Crippen LogP contribution in [0.25, 0.3) is 10.9 Å². The minimum absolute atomic E-state index is 0.170. The number of rotatable bonds is 3. The molecule has 1 atom stereocenters. The molecule has 1 fully saturated rings. The second-order valence-corrected chi connectivity index (χ2v) is 5.24. The van der Waals surface area contributed by atoms with Gasteiger partial charge in [0.15, 0.2) is 0 Å². The highest BCUT2D eigenvalue weighted by Crippen LogP contribution is 2.15. The molecule has 1 aliphatic rings. The first kappa shape index (κ1) is 13.0. The average molecular weight is 271 g/mol. The number of carbonyl (C=O) groups is 1. The van der Waals surface area contributed by atoms with E-state index in [1.165, 1.54) is 0 Å². The maximum Gasteiger partial charge on any atom is 0.251 e. The van der Waals surface area contributed by atoms with Crippen LogP contribution < -0.4 is 10.6 Å². The topological polar surface area (TPSA) is 74.2 Å². The molecule has 1 aromatic carbocycles. The lowest BCUT2D eigenvalue weighted by Crippen LogP contribution is -2.44. The van der Waals surface area contributed by atoms with Gasteiger partial charge in [-0.15, -0.1) is 0 Å². The summed E-state index contributed by atoms with van der Waals surface area (Å²) >= 11 is 0. The molecule has 2 heterocycles. The smallest absolute Gasteiger partial charge is 0.251 e. The Morgan fingerprint density at radius 2 is 2.35 bits per heavy atom. The molecule has 1 aliphatic heterocycles. The SMILES string of the molecule is O=C(NC[C@@]1(O)CCNC1)c1ccc2ncccc2c1. The van der Waals surface area contributed by atoms with Gasteiger partial charge in [0.1, 0.15) is 0 Å². The van der Waals surface area contributed by atoms with Crippen LogP contribution in [0.2, 0.25) is 0 Å². The highest BCUT2D eigenvalue weighted by atomic mass is 16.3. The molecule has 104 valence electrons. The van der Waals surface area contributed by atoms with E-state index < -0.39 is 5.60 Å². The van der Waals surface area contributed by atoms with Gasteiger partial charge in [-0.3, -0.25) is 9.78 Å². The van der Waals surface area contributed by atoms with E-state index in [1.807, 2.05) is 24.3 Å². The zero-order valence-corrected chi connectivity index (χ0v) is 11.1. The van der Waals surface area contributed by atoms with Gasteiger partial charge in [0.05, 0.1) is 11.1 Å². The van der Waals surface area contributed by atoms with Crippen LogP contribution in [0, 0.1) is 0 Å². The number of hydrogen-bond acceptors (Lipinski definition) is 4. The van der Waals surface area contributed by atoms with Crippen molar-refractivity contribution < 1.29 is 9.90 Å². The van der Waals surface area contributed by atoms with Gasteiger partial charge < -0.3 is 15.7 Å². The van der Waals surface area contributed by atoms with Crippen molar-refractivity contribution in [1.82, 2.24) is 15.6 Å². The van der Waals surface area contributed by atoms with Crippen molar-refractivity contribution in [2.24, 2.45) is 0 Å². The van der Waals surface area contributed by atoms with Crippen molar-refractivity contribution in [3.8, 4) is 0 Å². The molecule has 20 heavy (non-hydrogen) atoms. The summed E-state index contributed by atoms with van der Waals surface area (Å²) in [7, 11) is 0. The maximum atomic E-state index is 12.1. The Hall–Kier alpha value is -1.98. The Morgan fingerprint density at radius 3 is 3.15 bits per heavy atom. The number of hydrogen-bond donors (Lipinski definition) is 3. The van der Waals surface area contributed by atoms with Crippen molar-refractivity contribution >= 4 is 16.8 Å². The van der Waals surface area contributed by atoms with Crippen LogP contribution in [0.1, 0.15) is 16.8 Å². The number of nitrogens with one attached hydrogen (secondary N) is 2. The van der Waals surface area contributed by atoms with Gasteiger partial charge in [-0.05, 0) is 37.2 Å². The van der Waals surface area contributed by atoms with Gasteiger partial charge in [-0.25, -0.2) is 0 Å². The molecule has 1 saturated heterocycles. The number of aliphatic hydroxyl groups is 1. The summed E-state index contributed by atoms with van der Waals surface area (Å²) in [6.45, 7) is 1.58. The van der Waals surface area contributed by atoms with Crippen LogP contribution in [0.4, 0.5) is 0 Å². The third kappa shape index (κ3) is 2.64. The Kier molecular flexibility index (Phi) is 3.38. The van der Waals surface area contributed by atoms with E-state index in [1.54, 1.807) is 12.3 Å². The lowest BCUT2D eigenvalue weighted by atomic mass is 10.0. The number of β-amino-alcohol motifs (C(OH)–C–C–N with tert-alkyl or cyclic N) is 1. The summed E-state index contributed by atoms with van der Waals surface area (Å²) in [5.74, 6) is -0.170. The highest BCUT2D eigenvalue weighted by molar-refractivity contribution is 5.97. The molecule has 1 aromatic heterocycles. The van der Waals surface area contributed by atoms with E-state index >= 15 is 0 Å². The van der Waals surface area contributed by atoms with Gasteiger partial charge in [-0.2, -0.15) is 0 Å². The van der Waals surface area contributed by atoms with Gasteiger partial charge in [0, 0.05) is 30.2 Å². The molecule has 0 aliphatic carbocycles. The van der Waals surface area contributed by atoms with Gasteiger partial charge in [0.25, 0.3) is 5.91 Å². The summed E-state index contributed by atoms with van der Waals surface area (Å²) in [5.41, 5.74) is 0.622. The van der Waals surface area contributed by atoms with Crippen molar-refractivity contribution in [2.75, 3.05) is 19.6 Å². The lowest BCUT2D eigenvalue weighted by Gasteiger charge is -2.21. The Balaban J connectivity index is 1.72. The molecule has 1 amide bonds. The molecule has 0 unspecified atom stereocenters. The van der Waals surface area contributed by atoms with Crippen LogP contribution in [0.3, 0.4) is 0 Å². The molecular weight excluding hydrogens is 254 g/mol. The lowest BCUT2D eigenvalue weighted by molar-refractivity contribution is 0.0562. The fourth-order valence-corrected chi connectivity index (χ4v) is 2.45. The number of benzene rings is 1. The number of nitrogens with zero attached hydrogens (tertiary/aromatic N) is 1. The van der Waals surface area contributed by atoms with Crippen molar-refractivity contribution in [3.05, 3.63) is 42.1 Å². The molecule has 0 radical (unpaired) electrons. The molecular formula is C15H17N3O2. The Bertz CT molecular complexity index is 636. The van der Waals surface area contributed by atoms with Crippen LogP contribution >= 0.6 is 0 Å². The third-order valence-corrected chi connectivity index (χ3v) is 3.66. The van der Waals surface area contributed by atoms with E-state index in [2.05, 4.69) is 15.6 Å². The second kappa shape index (κ2) is 5.19. The van der Waals surface area contributed by atoms with E-state index in [0.717, 1.165) is 17.4 Å². The van der Waals surface area contributed by atoms with E-state index in [0.29, 0.717) is 18.5 Å². The first-order valence-corrected chi connectivity index (χ1v) is 6.72. The Labute approximate surface area is 117 Å². The Morgan fingerprint density at radius 1 is 1.45 bits per heavy atom. The second-order valence-electron chi connectivity index (χ2n) is 5.24. The normalized spacial score (nSPS) is 22.1. The molecule has 2 aromatic rings. The zero-order chi connectivity index (χ0) is 14.0. The van der Waals surface area contributed by atoms with Gasteiger partial charge in [0.2, 0.25) is 0 Å². The van der Waals surface area contributed by atoms with Crippen LogP contribution in [-0.4, -0.2) is 41.2 Å². The minimum atomic E-state index is -0.825. The highest BCUT2D eigenvalue weighted by Gasteiger charge is 2.31. The average Bonchev–Trinajstić information content (AvgIpc) is 2.91. The van der Waals surface area contributed by atoms with Crippen molar-refractivity contribution in [2.45, 2.75) is 12.0 Å². The third-order valence-electron chi connectivity index (χ3n) is 3.66. The minimum Gasteiger partial charge on any atom is -0.387 e. The van der Waals surface area contributed by atoms with Gasteiger partial charge >= 0.3 is 0 Å². The number of aromatic nitrogens is 1. The van der Waals surface area contributed by atoms with E-state index in [9.17, 15) is 9.90 Å². The molecule has 0 saturated carbocycles. The van der Waals surface area contributed by atoms with Crippen LogP contribution in [-0.2, 0) is 0 Å². The first-order valence-electron chi connectivity index (χ1n) is 6.72. The fourth-order valence-electron chi connectivity index (χ4n) is 2.45. The quantitative estimate of drug-likeness (QED) is 0.768. The molecule has 0 spiro atoms. The maximum absolute atomic E-state index is 12.1. The summed E-state index contributed by atoms with van der Waals surface area (Å²) in [5, 5.41) is 17.0. The van der Waals surface area contributed by atoms with E-state index in [4.69, 9.17) is 0 Å². The van der Waals surface area contributed by atoms with E-state index in [-0.39, 0.29) is 12.5 Å². The summed E-state index contributed by atoms with van der Waals surface area (Å²) in [4.78, 5) is 16.3. The summed E-state index contributed by atoms with van der Waals surface area (Å²) in [6.07, 6.45) is 2.39. The number of pyridine rings is 1. The number of carbonyl (C=O) groups excluding carboxylic acids is 1. The summed E-state index contributed by atoms with van der Waals surface area (Å²) < 4.78 is 0. The van der Waals surface area contributed by atoms with Crippen LogP contribution in [0.15, 0.2) is 36.5 Å². The van der Waals surface area contributed by atoms with Crippen molar-refractivity contribution in [3.63, 3.8) is 0 Å². The van der Waals surface area contributed by atoms with Crippen LogP contribution in [0.5, 0.6) is 0 Å². The molecule has 5 heteroatoms. The predicted molar refractivity (Wildman–Crippen MR) is 76.5 cm³/mol. The standard InChI is InChI=1S/C15H17N3O2/c19-14(18-10-15(20)5-7-16-9-15)12-3-4-13-11(8-12)2-1-6-17-13/h1-4,6,8,16,20H,5,7,9-10H2,(H,18,19)/t15-/m1/s1. The van der Waals surface area contributed by atoms with Gasteiger partial charge in [-0.1, -0.05) is 6.07 Å². The molecule has 3 rings (SSSR count). The summed E-state index contributed by atoms with van der Waals surface area (Å²) in [6, 6.07) is 9.16. The number of amides is 1. The predicted octanol–water partition coefficient (Wildman–Crippen LogP) is 0.689. The molecule has 5 nitrogen and oxygen atoms in total. The fraction of sp³-hybridized carbons (Fsp3) is 0.333. The first-order chi connectivity index (χ1) is 9.66. The molecule has 3 N–H and O–H groups in total. The van der Waals surface area contributed by atoms with Crippen molar-refractivity contribution in [1.29, 1.82) is 0 Å². The number of fused-ring (bicyclic) bond motifs is 1.